The third-order valence-electron chi connectivity index (χ3n) is 2.98. The van der Waals surface area contributed by atoms with E-state index in [1.165, 1.54) is 0 Å². The van der Waals surface area contributed by atoms with E-state index < -0.39 is 0 Å². The van der Waals surface area contributed by atoms with Gasteiger partial charge in [0.25, 0.3) is 0 Å². The molecule has 2 amide bonds. The van der Waals surface area contributed by atoms with E-state index in [0.717, 1.165) is 31.4 Å². The molecule has 0 aromatic rings. The summed E-state index contributed by atoms with van der Waals surface area (Å²) in [5.74, 6) is 0.236. The Labute approximate surface area is 109 Å². The Bertz CT molecular complexity index is 269. The van der Waals surface area contributed by atoms with Crippen LogP contribution in [0.1, 0.15) is 32.6 Å². The highest BCUT2D eigenvalue weighted by molar-refractivity contribution is 7.80. The summed E-state index contributed by atoms with van der Waals surface area (Å²) in [6.07, 6.45) is 4.01. The van der Waals surface area contributed by atoms with Crippen molar-refractivity contribution in [3.8, 4) is 0 Å². The van der Waals surface area contributed by atoms with Crippen molar-refractivity contribution in [1.29, 1.82) is 0 Å². The van der Waals surface area contributed by atoms with Crippen molar-refractivity contribution in [1.82, 2.24) is 9.80 Å². The maximum Gasteiger partial charge on any atom is 0.312 e. The quantitative estimate of drug-likeness (QED) is 0.423. The van der Waals surface area contributed by atoms with Gasteiger partial charge >= 0.3 is 11.8 Å². The number of piperazine rings is 1. The fraction of sp³-hybridized carbons (Fsp3) is 0.833. The molecule has 0 atom stereocenters. The van der Waals surface area contributed by atoms with Crippen molar-refractivity contribution < 1.29 is 9.59 Å². The van der Waals surface area contributed by atoms with E-state index in [4.69, 9.17) is 0 Å². The van der Waals surface area contributed by atoms with E-state index in [1.54, 1.807) is 9.80 Å². The van der Waals surface area contributed by atoms with E-state index in [2.05, 4.69) is 12.6 Å². The summed E-state index contributed by atoms with van der Waals surface area (Å²) in [5.41, 5.74) is 0. The predicted octanol–water partition coefficient (Wildman–Crippen LogP) is 1.17. The molecule has 1 aliphatic rings. The molecule has 98 valence electrons. The second kappa shape index (κ2) is 7.58. The monoisotopic (exact) mass is 258 g/mol. The van der Waals surface area contributed by atoms with E-state index in [9.17, 15) is 9.59 Å². The minimum absolute atomic E-state index is 0.324. The first-order valence-corrected chi connectivity index (χ1v) is 7.03. The van der Waals surface area contributed by atoms with Crippen molar-refractivity contribution in [2.24, 2.45) is 0 Å². The number of rotatable bonds is 7. The van der Waals surface area contributed by atoms with Gasteiger partial charge in [-0.25, -0.2) is 0 Å². The van der Waals surface area contributed by atoms with Crippen molar-refractivity contribution in [3.63, 3.8) is 0 Å². The molecular formula is C12H22N2O2S. The highest BCUT2D eigenvalue weighted by atomic mass is 32.1. The molecule has 0 aromatic heterocycles. The smallest absolute Gasteiger partial charge is 0.312 e. The van der Waals surface area contributed by atoms with Crippen LogP contribution >= 0.6 is 12.6 Å². The van der Waals surface area contributed by atoms with Crippen molar-refractivity contribution in [2.75, 3.05) is 31.9 Å². The van der Waals surface area contributed by atoms with Gasteiger partial charge in [-0.3, -0.25) is 9.59 Å². The average molecular weight is 258 g/mol. The summed E-state index contributed by atoms with van der Waals surface area (Å²) in [4.78, 5) is 26.9. The number of carbonyl (C=O) groups excluding carboxylic acids is 2. The number of amides is 2. The fourth-order valence-electron chi connectivity index (χ4n) is 2.00. The van der Waals surface area contributed by atoms with Crippen LogP contribution in [0.2, 0.25) is 0 Å². The fourth-order valence-corrected chi connectivity index (χ4v) is 2.23. The molecule has 5 heteroatoms. The average Bonchev–Trinajstić information content (AvgIpc) is 2.33. The highest BCUT2D eigenvalue weighted by Crippen LogP contribution is 2.08. The predicted molar refractivity (Wildman–Crippen MR) is 71.2 cm³/mol. The Kier molecular flexibility index (Phi) is 6.40. The molecule has 1 rings (SSSR count). The van der Waals surface area contributed by atoms with Crippen LogP contribution in [0.5, 0.6) is 0 Å². The van der Waals surface area contributed by atoms with Crippen LogP contribution in [0.25, 0.3) is 0 Å². The van der Waals surface area contributed by atoms with Crippen LogP contribution in [0, 0.1) is 0 Å². The number of hydrogen-bond donors (Lipinski definition) is 1. The SMILES string of the molecule is CCCN1CCN(CCCCCS)C(=O)C1=O. The molecule has 0 radical (unpaired) electrons. The van der Waals surface area contributed by atoms with Crippen molar-refractivity contribution >= 4 is 24.4 Å². The molecule has 0 aliphatic carbocycles. The summed E-state index contributed by atoms with van der Waals surface area (Å²) < 4.78 is 0. The lowest BCUT2D eigenvalue weighted by Crippen LogP contribution is -2.54. The van der Waals surface area contributed by atoms with Crippen LogP contribution in [0.4, 0.5) is 0 Å². The lowest BCUT2D eigenvalue weighted by Gasteiger charge is -2.33. The molecule has 17 heavy (non-hydrogen) atoms. The van der Waals surface area contributed by atoms with Gasteiger partial charge in [0.05, 0.1) is 0 Å². The van der Waals surface area contributed by atoms with Gasteiger partial charge in [-0.1, -0.05) is 13.3 Å². The van der Waals surface area contributed by atoms with Gasteiger partial charge in [-0.15, -0.1) is 0 Å². The number of hydrogen-bond acceptors (Lipinski definition) is 3. The zero-order valence-corrected chi connectivity index (χ0v) is 11.4. The lowest BCUT2D eigenvalue weighted by atomic mass is 10.2. The Hall–Kier alpha value is -0.710. The second-order valence-electron chi connectivity index (χ2n) is 4.37. The van der Waals surface area contributed by atoms with Gasteiger partial charge in [-0.05, 0) is 25.0 Å². The Morgan fingerprint density at radius 1 is 1.00 bits per heavy atom. The highest BCUT2D eigenvalue weighted by Gasteiger charge is 2.31. The maximum absolute atomic E-state index is 11.8. The summed E-state index contributed by atoms with van der Waals surface area (Å²) in [7, 11) is 0. The van der Waals surface area contributed by atoms with Crippen LogP contribution in [-0.2, 0) is 9.59 Å². The maximum atomic E-state index is 11.8. The second-order valence-corrected chi connectivity index (χ2v) is 4.82. The molecular weight excluding hydrogens is 236 g/mol. The van der Waals surface area contributed by atoms with Gasteiger partial charge in [0.2, 0.25) is 0 Å². The van der Waals surface area contributed by atoms with Gasteiger partial charge in [0, 0.05) is 26.2 Å². The Morgan fingerprint density at radius 3 is 2.12 bits per heavy atom. The third kappa shape index (κ3) is 4.22. The van der Waals surface area contributed by atoms with Crippen LogP contribution < -0.4 is 0 Å². The number of unbranched alkanes of at least 4 members (excludes halogenated alkanes) is 2. The first-order chi connectivity index (χ1) is 8.20. The number of carbonyl (C=O) groups is 2. The molecule has 1 fully saturated rings. The molecule has 0 saturated carbocycles. The first-order valence-electron chi connectivity index (χ1n) is 6.39. The number of nitrogens with zero attached hydrogens (tertiary/aromatic N) is 2. The van der Waals surface area contributed by atoms with E-state index in [-0.39, 0.29) is 11.8 Å². The molecule has 0 unspecified atom stereocenters. The minimum Gasteiger partial charge on any atom is -0.333 e. The van der Waals surface area contributed by atoms with E-state index >= 15 is 0 Å². The lowest BCUT2D eigenvalue weighted by molar-refractivity contribution is -0.156. The summed E-state index contributed by atoms with van der Waals surface area (Å²) in [6.45, 7) is 4.79. The molecule has 4 nitrogen and oxygen atoms in total. The standard InChI is InChI=1S/C12H22N2O2S/c1-2-6-13-8-9-14(12(16)11(13)15)7-4-3-5-10-17/h17H,2-10H2,1H3. The molecule has 0 bridgehead atoms. The normalized spacial score (nSPS) is 16.8. The first kappa shape index (κ1) is 14.4. The Morgan fingerprint density at radius 2 is 1.59 bits per heavy atom. The van der Waals surface area contributed by atoms with Crippen molar-refractivity contribution in [3.05, 3.63) is 0 Å². The molecule has 0 spiro atoms. The zero-order chi connectivity index (χ0) is 12.7. The van der Waals surface area contributed by atoms with Gasteiger partial charge in [0.15, 0.2) is 0 Å². The van der Waals surface area contributed by atoms with Gasteiger partial charge in [-0.2, -0.15) is 12.6 Å². The molecule has 0 aromatic carbocycles. The molecule has 0 N–H and O–H groups in total. The van der Waals surface area contributed by atoms with Crippen molar-refractivity contribution in [2.45, 2.75) is 32.6 Å². The Balaban J connectivity index is 2.35. The van der Waals surface area contributed by atoms with Gasteiger partial charge in [0.1, 0.15) is 0 Å². The van der Waals surface area contributed by atoms with Crippen LogP contribution in [0.3, 0.4) is 0 Å². The van der Waals surface area contributed by atoms with Crippen LogP contribution in [0.15, 0.2) is 0 Å². The molecule has 1 heterocycles. The topological polar surface area (TPSA) is 40.6 Å². The zero-order valence-electron chi connectivity index (χ0n) is 10.5. The molecule has 1 saturated heterocycles. The van der Waals surface area contributed by atoms with E-state index in [0.29, 0.717) is 26.2 Å². The van der Waals surface area contributed by atoms with E-state index in [1.807, 2.05) is 6.92 Å². The van der Waals surface area contributed by atoms with Crippen LogP contribution in [-0.4, -0.2) is 53.5 Å². The summed E-state index contributed by atoms with van der Waals surface area (Å²) in [5, 5.41) is 0. The summed E-state index contributed by atoms with van der Waals surface area (Å²) in [6, 6.07) is 0. The summed E-state index contributed by atoms with van der Waals surface area (Å²) >= 11 is 4.15. The number of thiol groups is 1. The third-order valence-corrected chi connectivity index (χ3v) is 3.29. The van der Waals surface area contributed by atoms with Gasteiger partial charge < -0.3 is 9.80 Å². The molecule has 1 aliphatic heterocycles. The largest absolute Gasteiger partial charge is 0.333 e. The minimum atomic E-state index is -0.327.